The number of rotatable bonds is 2. The van der Waals surface area contributed by atoms with Crippen LogP contribution in [0.1, 0.15) is 35.2 Å². The lowest BCUT2D eigenvalue weighted by Gasteiger charge is -2.10. The van der Waals surface area contributed by atoms with E-state index in [4.69, 9.17) is 0 Å². The Bertz CT molecular complexity index is 412. The third-order valence-corrected chi connectivity index (χ3v) is 2.76. The van der Waals surface area contributed by atoms with Gasteiger partial charge in [0.25, 0.3) is 0 Å². The summed E-state index contributed by atoms with van der Waals surface area (Å²) >= 11 is 0. The van der Waals surface area contributed by atoms with E-state index < -0.39 is 0 Å². The lowest BCUT2D eigenvalue weighted by molar-refractivity contribution is -0.120. The second-order valence-corrected chi connectivity index (χ2v) is 3.78. The molecule has 0 aliphatic carbocycles. The highest BCUT2D eigenvalue weighted by Crippen LogP contribution is 2.26. The Kier molecular flexibility index (Phi) is 2.54. The lowest BCUT2D eigenvalue weighted by Crippen LogP contribution is -2.19. The van der Waals surface area contributed by atoms with Crippen LogP contribution in [0, 0.1) is 0 Å². The highest BCUT2D eigenvalue weighted by molar-refractivity contribution is 5.98. The predicted octanol–water partition coefficient (Wildman–Crippen LogP) is 1.49. The van der Waals surface area contributed by atoms with Crippen LogP contribution in [0.4, 0.5) is 0 Å². The number of Topliss-reactive ketones (excluding diaryl/α,β-unsaturated/α-hetero) is 1. The van der Waals surface area contributed by atoms with E-state index in [1.54, 1.807) is 6.07 Å². The lowest BCUT2D eigenvalue weighted by atomic mass is 9.91. The van der Waals surface area contributed by atoms with Crippen LogP contribution in [0.15, 0.2) is 24.3 Å². The normalized spacial score (nSPS) is 20.1. The fourth-order valence-electron chi connectivity index (χ4n) is 2.01. The summed E-state index contributed by atoms with van der Waals surface area (Å²) in [5, 5.41) is 2.78. The first-order valence-corrected chi connectivity index (χ1v) is 5.07. The topological polar surface area (TPSA) is 46.2 Å². The van der Waals surface area contributed by atoms with Gasteiger partial charge >= 0.3 is 0 Å². The molecular formula is C12H13NO2. The van der Waals surface area contributed by atoms with Crippen molar-refractivity contribution in [3.05, 3.63) is 35.4 Å². The summed E-state index contributed by atoms with van der Waals surface area (Å²) < 4.78 is 0. The first-order chi connectivity index (χ1) is 7.20. The van der Waals surface area contributed by atoms with Gasteiger partial charge in [0.05, 0.1) is 5.92 Å². The third kappa shape index (κ3) is 1.77. The largest absolute Gasteiger partial charge is 0.356 e. The summed E-state index contributed by atoms with van der Waals surface area (Å²) in [6.07, 6.45) is 0.781. The minimum Gasteiger partial charge on any atom is -0.356 e. The maximum atomic E-state index is 11.5. The molecule has 1 atom stereocenters. The van der Waals surface area contributed by atoms with E-state index in [1.807, 2.05) is 18.2 Å². The Morgan fingerprint density at radius 1 is 1.40 bits per heavy atom. The standard InChI is InChI=1S/C12H13NO2/c1-8(14)9-4-2-3-5-10(9)11-6-7-13-12(11)15/h2-5,11H,6-7H2,1H3,(H,13,15). The Labute approximate surface area is 88.5 Å². The average Bonchev–Trinajstić information content (AvgIpc) is 2.64. The molecule has 1 aromatic carbocycles. The fraction of sp³-hybridized carbons (Fsp3) is 0.333. The average molecular weight is 203 g/mol. The molecule has 0 spiro atoms. The van der Waals surface area contributed by atoms with E-state index >= 15 is 0 Å². The second-order valence-electron chi connectivity index (χ2n) is 3.78. The minimum atomic E-state index is -0.148. The van der Waals surface area contributed by atoms with Gasteiger partial charge < -0.3 is 5.32 Å². The molecule has 0 aromatic heterocycles. The van der Waals surface area contributed by atoms with Gasteiger partial charge in [-0.2, -0.15) is 0 Å². The molecule has 3 nitrogen and oxygen atoms in total. The number of carbonyl (C=O) groups is 2. The van der Waals surface area contributed by atoms with Crippen LogP contribution in [0.3, 0.4) is 0 Å². The molecular weight excluding hydrogens is 190 g/mol. The predicted molar refractivity (Wildman–Crippen MR) is 56.8 cm³/mol. The molecule has 0 radical (unpaired) electrons. The molecule has 0 saturated carbocycles. The van der Waals surface area contributed by atoms with Crippen LogP contribution >= 0.6 is 0 Å². The smallest absolute Gasteiger partial charge is 0.227 e. The maximum absolute atomic E-state index is 11.5. The van der Waals surface area contributed by atoms with Crippen molar-refractivity contribution in [1.82, 2.24) is 5.32 Å². The number of hydrogen-bond donors (Lipinski definition) is 1. The fourth-order valence-corrected chi connectivity index (χ4v) is 2.01. The molecule has 1 saturated heterocycles. The van der Waals surface area contributed by atoms with Crippen LogP contribution in [-0.2, 0) is 4.79 Å². The van der Waals surface area contributed by atoms with Crippen molar-refractivity contribution >= 4 is 11.7 Å². The van der Waals surface area contributed by atoms with E-state index in [2.05, 4.69) is 5.32 Å². The molecule has 2 rings (SSSR count). The van der Waals surface area contributed by atoms with Crippen molar-refractivity contribution in [1.29, 1.82) is 0 Å². The summed E-state index contributed by atoms with van der Waals surface area (Å²) in [4.78, 5) is 22.9. The van der Waals surface area contributed by atoms with Gasteiger partial charge in [0.2, 0.25) is 5.91 Å². The minimum absolute atomic E-state index is 0.0188. The van der Waals surface area contributed by atoms with Gasteiger partial charge in [-0.05, 0) is 18.9 Å². The van der Waals surface area contributed by atoms with E-state index in [0.29, 0.717) is 12.1 Å². The molecule has 1 amide bonds. The van der Waals surface area contributed by atoms with Crippen molar-refractivity contribution in [3.63, 3.8) is 0 Å². The maximum Gasteiger partial charge on any atom is 0.227 e. The number of benzene rings is 1. The van der Waals surface area contributed by atoms with Gasteiger partial charge in [-0.3, -0.25) is 9.59 Å². The van der Waals surface area contributed by atoms with Crippen molar-refractivity contribution in [2.75, 3.05) is 6.54 Å². The Hall–Kier alpha value is -1.64. The monoisotopic (exact) mass is 203 g/mol. The molecule has 1 unspecified atom stereocenters. The zero-order valence-corrected chi connectivity index (χ0v) is 8.62. The Morgan fingerprint density at radius 3 is 2.73 bits per heavy atom. The van der Waals surface area contributed by atoms with E-state index in [1.165, 1.54) is 6.92 Å². The number of ketones is 1. The highest BCUT2D eigenvalue weighted by Gasteiger charge is 2.28. The number of hydrogen-bond acceptors (Lipinski definition) is 2. The summed E-state index contributed by atoms with van der Waals surface area (Å²) in [6, 6.07) is 7.34. The van der Waals surface area contributed by atoms with Crippen LogP contribution < -0.4 is 5.32 Å². The molecule has 0 bridgehead atoms. The van der Waals surface area contributed by atoms with Gasteiger partial charge in [0, 0.05) is 12.1 Å². The third-order valence-electron chi connectivity index (χ3n) is 2.76. The second kappa shape index (κ2) is 3.85. The highest BCUT2D eigenvalue weighted by atomic mass is 16.2. The summed E-state index contributed by atoms with van der Waals surface area (Å²) in [5.74, 6) is -0.0981. The van der Waals surface area contributed by atoms with Crippen molar-refractivity contribution in [2.24, 2.45) is 0 Å². The summed E-state index contributed by atoms with van der Waals surface area (Å²) in [6.45, 7) is 2.24. The zero-order valence-electron chi connectivity index (χ0n) is 8.62. The van der Waals surface area contributed by atoms with Crippen LogP contribution in [0.5, 0.6) is 0 Å². The molecule has 1 fully saturated rings. The molecule has 78 valence electrons. The molecule has 15 heavy (non-hydrogen) atoms. The van der Waals surface area contributed by atoms with Gasteiger partial charge in [-0.15, -0.1) is 0 Å². The molecule has 3 heteroatoms. The molecule has 1 aromatic rings. The van der Waals surface area contributed by atoms with Crippen molar-refractivity contribution < 1.29 is 9.59 Å². The van der Waals surface area contributed by atoms with Gasteiger partial charge in [0.1, 0.15) is 0 Å². The first-order valence-electron chi connectivity index (χ1n) is 5.07. The van der Waals surface area contributed by atoms with Crippen LogP contribution in [0.2, 0.25) is 0 Å². The van der Waals surface area contributed by atoms with Crippen molar-refractivity contribution in [3.8, 4) is 0 Å². The quantitative estimate of drug-likeness (QED) is 0.740. The first kappa shape index (κ1) is 9.90. The molecule has 1 aliphatic heterocycles. The van der Waals surface area contributed by atoms with Gasteiger partial charge in [-0.25, -0.2) is 0 Å². The molecule has 1 N–H and O–H groups in total. The Balaban J connectivity index is 2.42. The number of nitrogens with one attached hydrogen (secondary N) is 1. The number of carbonyl (C=O) groups excluding carboxylic acids is 2. The van der Waals surface area contributed by atoms with Crippen LogP contribution in [-0.4, -0.2) is 18.2 Å². The number of amides is 1. The van der Waals surface area contributed by atoms with Gasteiger partial charge in [0.15, 0.2) is 5.78 Å². The molecule has 1 aliphatic rings. The van der Waals surface area contributed by atoms with Crippen molar-refractivity contribution in [2.45, 2.75) is 19.3 Å². The van der Waals surface area contributed by atoms with E-state index in [0.717, 1.165) is 12.0 Å². The molecule has 1 heterocycles. The van der Waals surface area contributed by atoms with E-state index in [-0.39, 0.29) is 17.6 Å². The summed E-state index contributed by atoms with van der Waals surface area (Å²) in [7, 11) is 0. The SMILES string of the molecule is CC(=O)c1ccccc1C1CCNC1=O. The zero-order chi connectivity index (χ0) is 10.8. The summed E-state index contributed by atoms with van der Waals surface area (Å²) in [5.41, 5.74) is 1.53. The van der Waals surface area contributed by atoms with E-state index in [9.17, 15) is 9.59 Å². The Morgan fingerprint density at radius 2 is 2.13 bits per heavy atom. The van der Waals surface area contributed by atoms with Gasteiger partial charge in [-0.1, -0.05) is 24.3 Å². The van der Waals surface area contributed by atoms with Crippen LogP contribution in [0.25, 0.3) is 0 Å².